The average molecular weight is 274 g/mol. The monoisotopic (exact) mass is 274 g/mol. The lowest BCUT2D eigenvalue weighted by molar-refractivity contribution is -0.116. The summed E-state index contributed by atoms with van der Waals surface area (Å²) < 4.78 is 0. The molecule has 3 aromatic rings. The summed E-state index contributed by atoms with van der Waals surface area (Å²) in [4.78, 5) is 16.4. The van der Waals surface area contributed by atoms with Crippen LogP contribution in [0.5, 0.6) is 0 Å². The van der Waals surface area contributed by atoms with Crippen LogP contribution < -0.4 is 5.32 Å². The molecule has 0 spiro atoms. The maximum Gasteiger partial charge on any atom is 0.226 e. The van der Waals surface area contributed by atoms with Crippen LogP contribution in [-0.4, -0.2) is 10.9 Å². The average Bonchev–Trinajstić information content (AvgIpc) is 2.54. The molecule has 3 heteroatoms. The van der Waals surface area contributed by atoms with E-state index in [0.29, 0.717) is 12.2 Å². The fourth-order valence-corrected chi connectivity index (χ4v) is 3.08. The van der Waals surface area contributed by atoms with Crippen LogP contribution in [0.25, 0.3) is 10.8 Å². The standard InChI is InChI=1S/C18H14N2O/c21-16-10-15(12-6-2-1-3-7-12)17-14-9-5-4-8-13(14)11-19-18(17)20-16/h1-9,11,15H,10H2,(H,19,20,21). The van der Waals surface area contributed by atoms with E-state index in [9.17, 15) is 4.79 Å². The number of rotatable bonds is 1. The molecule has 1 aliphatic heterocycles. The zero-order valence-electron chi connectivity index (χ0n) is 11.4. The topological polar surface area (TPSA) is 42.0 Å². The van der Waals surface area contributed by atoms with Crippen molar-refractivity contribution in [1.82, 2.24) is 4.98 Å². The highest BCUT2D eigenvalue weighted by Gasteiger charge is 2.28. The Bertz CT molecular complexity index is 827. The molecule has 21 heavy (non-hydrogen) atoms. The van der Waals surface area contributed by atoms with Gasteiger partial charge in [0.1, 0.15) is 5.82 Å². The van der Waals surface area contributed by atoms with Crippen LogP contribution >= 0.6 is 0 Å². The number of amides is 1. The second kappa shape index (κ2) is 4.70. The summed E-state index contributed by atoms with van der Waals surface area (Å²) >= 11 is 0. The number of hydrogen-bond acceptors (Lipinski definition) is 2. The van der Waals surface area contributed by atoms with Crippen molar-refractivity contribution in [3.63, 3.8) is 0 Å². The van der Waals surface area contributed by atoms with Gasteiger partial charge in [0.15, 0.2) is 0 Å². The molecule has 1 aromatic heterocycles. The van der Waals surface area contributed by atoms with Crippen molar-refractivity contribution >= 4 is 22.5 Å². The molecule has 2 heterocycles. The first-order chi connectivity index (χ1) is 10.3. The molecule has 4 rings (SSSR count). The van der Waals surface area contributed by atoms with Crippen LogP contribution in [0.15, 0.2) is 60.8 Å². The molecule has 1 amide bonds. The van der Waals surface area contributed by atoms with Gasteiger partial charge in [0.2, 0.25) is 5.91 Å². The molecule has 0 bridgehead atoms. The number of aromatic nitrogens is 1. The largest absolute Gasteiger partial charge is 0.310 e. The number of nitrogens with one attached hydrogen (secondary N) is 1. The molecule has 1 unspecified atom stereocenters. The Morgan fingerprint density at radius 1 is 1.00 bits per heavy atom. The SMILES string of the molecule is O=C1CC(c2ccccc2)c2c(ncc3ccccc23)N1. The van der Waals surface area contributed by atoms with Gasteiger partial charge in [0, 0.05) is 29.5 Å². The van der Waals surface area contributed by atoms with Crippen LogP contribution in [0.3, 0.4) is 0 Å². The van der Waals surface area contributed by atoms with E-state index in [2.05, 4.69) is 34.6 Å². The Morgan fingerprint density at radius 2 is 1.76 bits per heavy atom. The van der Waals surface area contributed by atoms with Gasteiger partial charge >= 0.3 is 0 Å². The predicted octanol–water partition coefficient (Wildman–Crippen LogP) is 3.71. The highest BCUT2D eigenvalue weighted by Crippen LogP contribution is 2.39. The molecule has 3 nitrogen and oxygen atoms in total. The molecule has 0 saturated heterocycles. The number of hydrogen-bond donors (Lipinski definition) is 1. The minimum absolute atomic E-state index is 0.0270. The quantitative estimate of drug-likeness (QED) is 0.735. The lowest BCUT2D eigenvalue weighted by atomic mass is 9.84. The molecule has 0 radical (unpaired) electrons. The smallest absolute Gasteiger partial charge is 0.226 e. The Hall–Kier alpha value is -2.68. The Morgan fingerprint density at radius 3 is 2.62 bits per heavy atom. The van der Waals surface area contributed by atoms with Crippen LogP contribution in [0, 0.1) is 0 Å². The van der Waals surface area contributed by atoms with Crippen molar-refractivity contribution in [1.29, 1.82) is 0 Å². The van der Waals surface area contributed by atoms with Crippen molar-refractivity contribution in [2.45, 2.75) is 12.3 Å². The van der Waals surface area contributed by atoms with Gasteiger partial charge in [-0.15, -0.1) is 0 Å². The zero-order chi connectivity index (χ0) is 14.2. The molecule has 1 N–H and O–H groups in total. The van der Waals surface area contributed by atoms with Crippen LogP contribution in [0.2, 0.25) is 0 Å². The lowest BCUT2D eigenvalue weighted by Crippen LogP contribution is -2.24. The summed E-state index contributed by atoms with van der Waals surface area (Å²) in [5, 5.41) is 5.17. The number of fused-ring (bicyclic) bond motifs is 3. The van der Waals surface area contributed by atoms with Gasteiger partial charge in [-0.1, -0.05) is 54.6 Å². The first kappa shape index (κ1) is 12.1. The summed E-state index contributed by atoms with van der Waals surface area (Å²) in [5.41, 5.74) is 2.28. The van der Waals surface area contributed by atoms with Gasteiger partial charge in [-0.3, -0.25) is 4.79 Å². The second-order valence-electron chi connectivity index (χ2n) is 5.32. The van der Waals surface area contributed by atoms with Gasteiger partial charge in [0.05, 0.1) is 0 Å². The van der Waals surface area contributed by atoms with E-state index in [4.69, 9.17) is 0 Å². The first-order valence-corrected chi connectivity index (χ1v) is 7.05. The molecule has 0 aliphatic carbocycles. The summed E-state index contributed by atoms with van der Waals surface area (Å²) in [6.45, 7) is 0. The highest BCUT2D eigenvalue weighted by molar-refractivity contribution is 5.99. The number of anilines is 1. The van der Waals surface area contributed by atoms with Crippen molar-refractivity contribution < 1.29 is 4.79 Å². The summed E-state index contributed by atoms with van der Waals surface area (Å²) in [5.74, 6) is 0.784. The van der Waals surface area contributed by atoms with Crippen molar-refractivity contribution in [3.05, 3.63) is 71.9 Å². The fourth-order valence-electron chi connectivity index (χ4n) is 3.08. The van der Waals surface area contributed by atoms with Crippen molar-refractivity contribution in [2.75, 3.05) is 5.32 Å². The maximum absolute atomic E-state index is 12.0. The number of benzene rings is 2. The normalized spacial score (nSPS) is 17.3. The molecular weight excluding hydrogens is 260 g/mol. The third-order valence-corrected chi connectivity index (χ3v) is 4.04. The third-order valence-electron chi connectivity index (χ3n) is 4.04. The summed E-state index contributed by atoms with van der Waals surface area (Å²) in [7, 11) is 0. The Kier molecular flexibility index (Phi) is 2.71. The third kappa shape index (κ3) is 1.98. The Balaban J connectivity index is 2.00. The summed E-state index contributed by atoms with van der Waals surface area (Å²) in [6.07, 6.45) is 2.29. The highest BCUT2D eigenvalue weighted by atomic mass is 16.1. The number of nitrogens with zero attached hydrogens (tertiary/aromatic N) is 1. The van der Waals surface area contributed by atoms with Crippen molar-refractivity contribution in [2.24, 2.45) is 0 Å². The number of carbonyl (C=O) groups excluding carboxylic acids is 1. The van der Waals surface area contributed by atoms with Crippen LogP contribution in [0.1, 0.15) is 23.5 Å². The number of carbonyl (C=O) groups is 1. The minimum Gasteiger partial charge on any atom is -0.310 e. The van der Waals surface area contributed by atoms with Gasteiger partial charge in [-0.25, -0.2) is 4.98 Å². The summed E-state index contributed by atoms with van der Waals surface area (Å²) in [6, 6.07) is 18.4. The van der Waals surface area contributed by atoms with Crippen molar-refractivity contribution in [3.8, 4) is 0 Å². The van der Waals surface area contributed by atoms with E-state index >= 15 is 0 Å². The fraction of sp³-hybridized carbons (Fsp3) is 0.111. The molecule has 2 aromatic carbocycles. The molecule has 1 aliphatic rings. The minimum atomic E-state index is 0.0270. The van der Waals surface area contributed by atoms with Crippen LogP contribution in [-0.2, 0) is 4.79 Å². The molecular formula is C18H14N2O. The van der Waals surface area contributed by atoms with Gasteiger partial charge < -0.3 is 5.32 Å². The van der Waals surface area contributed by atoms with E-state index in [1.54, 1.807) is 0 Å². The van der Waals surface area contributed by atoms with Gasteiger partial charge in [-0.05, 0) is 10.9 Å². The predicted molar refractivity (Wildman–Crippen MR) is 83.3 cm³/mol. The zero-order valence-corrected chi connectivity index (χ0v) is 11.4. The molecule has 102 valence electrons. The maximum atomic E-state index is 12.0. The van der Waals surface area contributed by atoms with E-state index < -0.39 is 0 Å². The molecule has 0 fully saturated rings. The van der Waals surface area contributed by atoms with E-state index in [1.165, 1.54) is 0 Å². The van der Waals surface area contributed by atoms with Gasteiger partial charge in [0.25, 0.3) is 0 Å². The van der Waals surface area contributed by atoms with E-state index in [1.807, 2.05) is 36.5 Å². The molecule has 0 saturated carbocycles. The van der Waals surface area contributed by atoms with Crippen LogP contribution in [0.4, 0.5) is 5.82 Å². The molecule has 1 atom stereocenters. The number of pyridine rings is 1. The second-order valence-corrected chi connectivity index (χ2v) is 5.32. The first-order valence-electron chi connectivity index (χ1n) is 7.05. The Labute approximate surface area is 122 Å². The lowest BCUT2D eigenvalue weighted by Gasteiger charge is -2.26. The van der Waals surface area contributed by atoms with E-state index in [-0.39, 0.29) is 11.8 Å². The van der Waals surface area contributed by atoms with Gasteiger partial charge in [-0.2, -0.15) is 0 Å². The van der Waals surface area contributed by atoms with E-state index in [0.717, 1.165) is 21.9 Å².